The summed E-state index contributed by atoms with van der Waals surface area (Å²) in [6.45, 7) is 3.61. The molecule has 0 saturated heterocycles. The summed E-state index contributed by atoms with van der Waals surface area (Å²) in [5.74, 6) is 0.529. The van der Waals surface area contributed by atoms with Crippen LogP contribution in [-0.4, -0.2) is 18.6 Å². The molecule has 0 spiro atoms. The first-order chi connectivity index (χ1) is 7.30. The minimum Gasteiger partial charge on any atom is -0.487 e. The Morgan fingerprint density at radius 3 is 2.62 bits per heavy atom. The highest BCUT2D eigenvalue weighted by Crippen LogP contribution is 2.42. The number of benzene rings is 1. The van der Waals surface area contributed by atoms with E-state index in [4.69, 9.17) is 4.74 Å². The molecule has 1 N–H and O–H groups in total. The second-order valence-corrected chi connectivity index (χ2v) is 6.21. The largest absolute Gasteiger partial charge is 0.487 e. The zero-order valence-electron chi connectivity index (χ0n) is 9.17. The Kier molecular flexibility index (Phi) is 2.47. The van der Waals surface area contributed by atoms with Gasteiger partial charge in [-0.15, -0.1) is 0 Å². The van der Waals surface area contributed by atoms with E-state index in [-0.39, 0.29) is 6.42 Å². The average Bonchev–Trinajstić information content (AvgIpc) is 2.13. The predicted molar refractivity (Wildman–Crippen MR) is 60.1 cm³/mol. The van der Waals surface area contributed by atoms with Crippen LogP contribution >= 0.6 is 0 Å². The van der Waals surface area contributed by atoms with E-state index in [0.29, 0.717) is 11.3 Å². The summed E-state index contributed by atoms with van der Waals surface area (Å²) in [7, 11) is -4.09. The van der Waals surface area contributed by atoms with Crippen molar-refractivity contribution in [3.8, 4) is 5.75 Å². The van der Waals surface area contributed by atoms with E-state index < -0.39 is 21.0 Å². The van der Waals surface area contributed by atoms with E-state index in [1.807, 2.05) is 0 Å². The minimum absolute atomic E-state index is 0.253. The SMILES string of the molecule is CC1(C)CC(S(=O)(=O)O)c2ccccc2O1. The molecule has 1 aliphatic rings. The van der Waals surface area contributed by atoms with E-state index in [1.165, 1.54) is 0 Å². The Balaban J connectivity index is 2.57. The van der Waals surface area contributed by atoms with Crippen molar-refractivity contribution in [2.75, 3.05) is 0 Å². The maximum Gasteiger partial charge on any atom is 0.272 e. The van der Waals surface area contributed by atoms with E-state index in [1.54, 1.807) is 38.1 Å². The molecule has 0 fully saturated rings. The number of hydrogen-bond donors (Lipinski definition) is 1. The van der Waals surface area contributed by atoms with Crippen LogP contribution in [0.25, 0.3) is 0 Å². The summed E-state index contributed by atoms with van der Waals surface area (Å²) < 4.78 is 37.6. The fourth-order valence-corrected chi connectivity index (χ4v) is 3.13. The third-order valence-corrected chi connectivity index (χ3v) is 3.83. The third-order valence-electron chi connectivity index (χ3n) is 2.69. The summed E-state index contributed by atoms with van der Waals surface area (Å²) in [6.07, 6.45) is 0.253. The average molecular weight is 242 g/mol. The van der Waals surface area contributed by atoms with Crippen LogP contribution in [0, 0.1) is 0 Å². The van der Waals surface area contributed by atoms with Crippen LogP contribution in [0.3, 0.4) is 0 Å². The molecule has 1 atom stereocenters. The quantitative estimate of drug-likeness (QED) is 0.767. The summed E-state index contributed by atoms with van der Waals surface area (Å²) in [6, 6.07) is 6.90. The number of ether oxygens (including phenoxy) is 1. The van der Waals surface area contributed by atoms with Crippen molar-refractivity contribution in [1.29, 1.82) is 0 Å². The van der Waals surface area contributed by atoms with Gasteiger partial charge in [-0.25, -0.2) is 0 Å². The predicted octanol–water partition coefficient (Wildman–Crippen LogP) is 2.18. The summed E-state index contributed by atoms with van der Waals surface area (Å²) in [5.41, 5.74) is -0.0567. The van der Waals surface area contributed by atoms with Gasteiger partial charge in [0.05, 0.1) is 0 Å². The molecular formula is C11H14O4S. The Morgan fingerprint density at radius 1 is 1.38 bits per heavy atom. The Hall–Kier alpha value is -1.07. The second-order valence-electron chi connectivity index (χ2n) is 4.61. The number of fused-ring (bicyclic) bond motifs is 1. The van der Waals surface area contributed by atoms with Crippen molar-refractivity contribution in [3.05, 3.63) is 29.8 Å². The van der Waals surface area contributed by atoms with Gasteiger partial charge in [-0.05, 0) is 19.9 Å². The van der Waals surface area contributed by atoms with Crippen LogP contribution in [0.2, 0.25) is 0 Å². The van der Waals surface area contributed by atoms with Crippen molar-refractivity contribution < 1.29 is 17.7 Å². The second kappa shape index (κ2) is 3.46. The van der Waals surface area contributed by atoms with Gasteiger partial charge in [0.1, 0.15) is 16.6 Å². The summed E-state index contributed by atoms with van der Waals surface area (Å²) >= 11 is 0. The number of rotatable bonds is 1. The lowest BCUT2D eigenvalue weighted by Gasteiger charge is -2.36. The first-order valence-electron chi connectivity index (χ1n) is 5.04. The minimum atomic E-state index is -4.09. The van der Waals surface area contributed by atoms with Gasteiger partial charge in [-0.1, -0.05) is 18.2 Å². The van der Waals surface area contributed by atoms with E-state index in [2.05, 4.69) is 0 Å². The molecule has 0 saturated carbocycles. The van der Waals surface area contributed by atoms with Gasteiger partial charge in [0.25, 0.3) is 10.1 Å². The van der Waals surface area contributed by atoms with Gasteiger partial charge in [0, 0.05) is 12.0 Å². The molecule has 16 heavy (non-hydrogen) atoms. The van der Waals surface area contributed by atoms with Crippen LogP contribution in [0.1, 0.15) is 31.1 Å². The van der Waals surface area contributed by atoms with Gasteiger partial charge >= 0.3 is 0 Å². The van der Waals surface area contributed by atoms with Gasteiger partial charge in [-0.2, -0.15) is 8.42 Å². The highest BCUT2D eigenvalue weighted by molar-refractivity contribution is 7.86. The Labute approximate surface area is 95.0 Å². The lowest BCUT2D eigenvalue weighted by atomic mass is 9.94. The molecule has 1 heterocycles. The molecule has 88 valence electrons. The van der Waals surface area contributed by atoms with Crippen molar-refractivity contribution in [3.63, 3.8) is 0 Å². The maximum atomic E-state index is 11.3. The molecule has 0 amide bonds. The van der Waals surface area contributed by atoms with E-state index >= 15 is 0 Å². The Bertz CT molecular complexity index is 504. The van der Waals surface area contributed by atoms with E-state index in [0.717, 1.165) is 0 Å². The molecule has 1 aromatic rings. The first kappa shape index (κ1) is 11.4. The summed E-state index contributed by atoms with van der Waals surface area (Å²) in [4.78, 5) is 0. The fraction of sp³-hybridized carbons (Fsp3) is 0.455. The molecule has 0 radical (unpaired) electrons. The molecule has 0 aliphatic carbocycles. The maximum absolute atomic E-state index is 11.3. The highest BCUT2D eigenvalue weighted by Gasteiger charge is 2.39. The standard InChI is InChI=1S/C11H14O4S/c1-11(2)7-10(16(12,13)14)8-5-3-4-6-9(8)15-11/h3-6,10H,7H2,1-2H3,(H,12,13,14). The van der Waals surface area contributed by atoms with Crippen LogP contribution in [0.4, 0.5) is 0 Å². The molecule has 0 bridgehead atoms. The molecule has 1 aliphatic heterocycles. The molecule has 1 aromatic carbocycles. The van der Waals surface area contributed by atoms with Crippen LogP contribution in [-0.2, 0) is 10.1 Å². The fourth-order valence-electron chi connectivity index (χ4n) is 2.00. The first-order valence-corrected chi connectivity index (χ1v) is 6.54. The zero-order chi connectivity index (χ0) is 12.0. The topological polar surface area (TPSA) is 63.6 Å². The smallest absolute Gasteiger partial charge is 0.272 e. The van der Waals surface area contributed by atoms with Gasteiger partial charge < -0.3 is 4.74 Å². The van der Waals surface area contributed by atoms with Crippen LogP contribution in [0.5, 0.6) is 5.75 Å². The molecule has 2 rings (SSSR count). The Morgan fingerprint density at radius 2 is 2.00 bits per heavy atom. The van der Waals surface area contributed by atoms with Crippen LogP contribution < -0.4 is 4.74 Å². The van der Waals surface area contributed by atoms with E-state index in [9.17, 15) is 13.0 Å². The van der Waals surface area contributed by atoms with Crippen molar-refractivity contribution in [2.45, 2.75) is 31.1 Å². The molecule has 4 nitrogen and oxygen atoms in total. The monoisotopic (exact) mass is 242 g/mol. The van der Waals surface area contributed by atoms with Gasteiger partial charge in [-0.3, -0.25) is 4.55 Å². The van der Waals surface area contributed by atoms with Crippen molar-refractivity contribution >= 4 is 10.1 Å². The third kappa shape index (κ3) is 2.05. The lowest BCUT2D eigenvalue weighted by Crippen LogP contribution is -2.37. The summed E-state index contributed by atoms with van der Waals surface area (Å²) in [5, 5.41) is -0.896. The molecular weight excluding hydrogens is 228 g/mol. The molecule has 1 unspecified atom stereocenters. The van der Waals surface area contributed by atoms with Crippen LogP contribution in [0.15, 0.2) is 24.3 Å². The van der Waals surface area contributed by atoms with Crippen molar-refractivity contribution in [2.24, 2.45) is 0 Å². The van der Waals surface area contributed by atoms with Gasteiger partial charge in [0.15, 0.2) is 0 Å². The normalized spacial score (nSPS) is 23.3. The van der Waals surface area contributed by atoms with Gasteiger partial charge in [0.2, 0.25) is 0 Å². The highest BCUT2D eigenvalue weighted by atomic mass is 32.2. The lowest BCUT2D eigenvalue weighted by molar-refractivity contribution is 0.0810. The zero-order valence-corrected chi connectivity index (χ0v) is 9.99. The number of para-hydroxylation sites is 1. The van der Waals surface area contributed by atoms with Crippen molar-refractivity contribution in [1.82, 2.24) is 0 Å². The molecule has 5 heteroatoms. The molecule has 0 aromatic heterocycles. The number of hydrogen-bond acceptors (Lipinski definition) is 3.